The van der Waals surface area contributed by atoms with Gasteiger partial charge in [0.05, 0.1) is 4.91 Å². The van der Waals surface area contributed by atoms with Gasteiger partial charge in [-0.05, 0) is 23.7 Å². The molecule has 2 rings (SSSR count). The zero-order chi connectivity index (χ0) is 13.7. The highest BCUT2D eigenvalue weighted by molar-refractivity contribution is 8.18. The smallest absolute Gasteiger partial charge is 0.290 e. The zero-order valence-electron chi connectivity index (χ0n) is 10.0. The van der Waals surface area contributed by atoms with Gasteiger partial charge in [0.25, 0.3) is 11.1 Å². The van der Waals surface area contributed by atoms with E-state index in [2.05, 4.69) is 10.6 Å². The van der Waals surface area contributed by atoms with Crippen molar-refractivity contribution in [3.05, 3.63) is 46.9 Å². The van der Waals surface area contributed by atoms with Gasteiger partial charge >= 0.3 is 0 Å². The molecular formula is C13H12N2O3S. The van der Waals surface area contributed by atoms with Crippen molar-refractivity contribution in [2.24, 2.45) is 0 Å². The van der Waals surface area contributed by atoms with Crippen LogP contribution in [0.4, 0.5) is 4.79 Å². The number of amides is 3. The van der Waals surface area contributed by atoms with E-state index in [-0.39, 0.29) is 10.8 Å². The maximum atomic E-state index is 11.5. The summed E-state index contributed by atoms with van der Waals surface area (Å²) in [5.41, 5.74) is 1.12. The van der Waals surface area contributed by atoms with E-state index in [4.69, 9.17) is 0 Å². The van der Waals surface area contributed by atoms with Crippen molar-refractivity contribution in [1.82, 2.24) is 10.6 Å². The van der Waals surface area contributed by atoms with Gasteiger partial charge < -0.3 is 5.32 Å². The van der Waals surface area contributed by atoms with Gasteiger partial charge in [-0.25, -0.2) is 0 Å². The average Bonchev–Trinajstić information content (AvgIpc) is 2.69. The molecule has 5 nitrogen and oxygen atoms in total. The fourth-order valence-electron chi connectivity index (χ4n) is 1.57. The topological polar surface area (TPSA) is 75.3 Å². The molecule has 1 fully saturated rings. The summed E-state index contributed by atoms with van der Waals surface area (Å²) < 4.78 is 0. The van der Waals surface area contributed by atoms with E-state index in [9.17, 15) is 14.4 Å². The Morgan fingerprint density at radius 3 is 2.63 bits per heavy atom. The third kappa shape index (κ3) is 3.96. The number of rotatable bonds is 4. The van der Waals surface area contributed by atoms with Crippen LogP contribution in [-0.4, -0.2) is 23.6 Å². The third-order valence-corrected chi connectivity index (χ3v) is 3.27. The number of nitrogens with one attached hydrogen (secondary N) is 2. The summed E-state index contributed by atoms with van der Waals surface area (Å²) in [4.78, 5) is 33.8. The molecule has 0 aromatic heterocycles. The van der Waals surface area contributed by atoms with Crippen molar-refractivity contribution in [3.8, 4) is 0 Å². The summed E-state index contributed by atoms with van der Waals surface area (Å²) in [6.07, 6.45) is 1.86. The largest absolute Gasteiger partial charge is 0.352 e. The normalized spacial score (nSPS) is 16.5. The SMILES string of the molecule is O=C(/C=C1\SC(=O)NC1=O)NCCc1ccccc1. The minimum absolute atomic E-state index is 0.127. The van der Waals surface area contributed by atoms with E-state index in [1.165, 1.54) is 0 Å². The average molecular weight is 276 g/mol. The lowest BCUT2D eigenvalue weighted by atomic mass is 10.1. The molecule has 0 unspecified atom stereocenters. The van der Waals surface area contributed by atoms with Gasteiger partial charge in [-0.2, -0.15) is 0 Å². The van der Waals surface area contributed by atoms with Crippen molar-refractivity contribution in [2.75, 3.05) is 6.54 Å². The van der Waals surface area contributed by atoms with Crippen LogP contribution >= 0.6 is 11.8 Å². The fourth-order valence-corrected chi connectivity index (χ4v) is 2.22. The highest BCUT2D eigenvalue weighted by Gasteiger charge is 2.25. The lowest BCUT2D eigenvalue weighted by Crippen LogP contribution is -2.25. The monoisotopic (exact) mass is 276 g/mol. The molecule has 1 aliphatic rings. The van der Waals surface area contributed by atoms with E-state index in [1.807, 2.05) is 30.3 Å². The second-order valence-electron chi connectivity index (χ2n) is 3.88. The van der Waals surface area contributed by atoms with E-state index < -0.39 is 11.1 Å². The summed E-state index contributed by atoms with van der Waals surface area (Å²) in [5, 5.41) is 4.31. The van der Waals surface area contributed by atoms with Crippen molar-refractivity contribution in [3.63, 3.8) is 0 Å². The first-order valence-corrected chi connectivity index (χ1v) is 6.53. The quantitative estimate of drug-likeness (QED) is 0.811. The number of carbonyl (C=O) groups is 3. The number of thioether (sulfide) groups is 1. The molecule has 6 heteroatoms. The molecule has 1 saturated heterocycles. The van der Waals surface area contributed by atoms with Crippen LogP contribution in [0.2, 0.25) is 0 Å². The number of hydrogen-bond acceptors (Lipinski definition) is 4. The first-order valence-electron chi connectivity index (χ1n) is 5.72. The lowest BCUT2D eigenvalue weighted by Gasteiger charge is -2.02. The predicted molar refractivity (Wildman–Crippen MR) is 72.4 cm³/mol. The standard InChI is InChI=1S/C13H12N2O3S/c16-11(8-10-12(17)15-13(18)19-10)14-7-6-9-4-2-1-3-5-9/h1-5,8H,6-7H2,(H,14,16)(H,15,17,18)/b10-8-. The summed E-state index contributed by atoms with van der Waals surface area (Å²) in [6, 6.07) is 9.75. The molecule has 1 aromatic carbocycles. The van der Waals surface area contributed by atoms with Crippen molar-refractivity contribution in [1.29, 1.82) is 0 Å². The second-order valence-corrected chi connectivity index (χ2v) is 4.89. The van der Waals surface area contributed by atoms with Crippen LogP contribution in [0, 0.1) is 0 Å². The van der Waals surface area contributed by atoms with E-state index >= 15 is 0 Å². The summed E-state index contributed by atoms with van der Waals surface area (Å²) >= 11 is 0.733. The molecule has 19 heavy (non-hydrogen) atoms. The lowest BCUT2D eigenvalue weighted by molar-refractivity contribution is -0.118. The minimum Gasteiger partial charge on any atom is -0.352 e. The van der Waals surface area contributed by atoms with Crippen LogP contribution in [-0.2, 0) is 16.0 Å². The number of benzene rings is 1. The van der Waals surface area contributed by atoms with Crippen LogP contribution in [0.25, 0.3) is 0 Å². The van der Waals surface area contributed by atoms with Gasteiger partial charge in [-0.1, -0.05) is 30.3 Å². The number of imide groups is 1. The maximum Gasteiger partial charge on any atom is 0.290 e. The fraction of sp³-hybridized carbons (Fsp3) is 0.154. The molecule has 0 aliphatic carbocycles. The molecule has 0 saturated carbocycles. The molecule has 98 valence electrons. The van der Waals surface area contributed by atoms with Crippen LogP contribution < -0.4 is 10.6 Å². The van der Waals surface area contributed by atoms with Crippen molar-refractivity contribution < 1.29 is 14.4 Å². The first-order chi connectivity index (χ1) is 9.15. The molecule has 0 radical (unpaired) electrons. The molecule has 1 aromatic rings. The van der Waals surface area contributed by atoms with Gasteiger partial charge in [-0.15, -0.1) is 0 Å². The predicted octanol–water partition coefficient (Wildman–Crippen LogP) is 1.21. The Hall–Kier alpha value is -2.08. The Balaban J connectivity index is 1.81. The minimum atomic E-state index is -0.520. The molecule has 1 heterocycles. The van der Waals surface area contributed by atoms with Gasteiger partial charge in [0.2, 0.25) is 5.91 Å². The van der Waals surface area contributed by atoms with Gasteiger partial charge in [0.15, 0.2) is 0 Å². The van der Waals surface area contributed by atoms with E-state index in [0.29, 0.717) is 13.0 Å². The van der Waals surface area contributed by atoms with Crippen LogP contribution in [0.3, 0.4) is 0 Å². The molecule has 0 bridgehead atoms. The van der Waals surface area contributed by atoms with E-state index in [1.54, 1.807) is 0 Å². The molecule has 0 spiro atoms. The van der Waals surface area contributed by atoms with Crippen LogP contribution in [0.5, 0.6) is 0 Å². The van der Waals surface area contributed by atoms with E-state index in [0.717, 1.165) is 23.4 Å². The third-order valence-electron chi connectivity index (χ3n) is 2.46. The maximum absolute atomic E-state index is 11.5. The van der Waals surface area contributed by atoms with Crippen molar-refractivity contribution in [2.45, 2.75) is 6.42 Å². The Labute approximate surface area is 114 Å². The van der Waals surface area contributed by atoms with Gasteiger partial charge in [0, 0.05) is 12.6 Å². The summed E-state index contributed by atoms with van der Waals surface area (Å²) in [6.45, 7) is 0.479. The number of hydrogen-bond donors (Lipinski definition) is 2. The Morgan fingerprint density at radius 2 is 2.00 bits per heavy atom. The molecular weight excluding hydrogens is 264 g/mol. The highest BCUT2D eigenvalue weighted by atomic mass is 32.2. The second kappa shape index (κ2) is 6.19. The first kappa shape index (κ1) is 13.4. The zero-order valence-corrected chi connectivity index (χ0v) is 10.8. The van der Waals surface area contributed by atoms with Crippen molar-refractivity contribution >= 4 is 28.8 Å². The van der Waals surface area contributed by atoms with Gasteiger partial charge in [0.1, 0.15) is 0 Å². The summed E-state index contributed by atoms with van der Waals surface area (Å²) in [7, 11) is 0. The van der Waals surface area contributed by atoms with Crippen LogP contribution in [0.1, 0.15) is 5.56 Å². The molecule has 0 atom stereocenters. The highest BCUT2D eigenvalue weighted by Crippen LogP contribution is 2.22. The number of carbonyl (C=O) groups excluding carboxylic acids is 3. The Kier molecular flexibility index (Phi) is 4.35. The molecule has 2 N–H and O–H groups in total. The molecule has 1 aliphatic heterocycles. The molecule has 3 amide bonds. The Morgan fingerprint density at radius 1 is 1.26 bits per heavy atom. The van der Waals surface area contributed by atoms with Crippen LogP contribution in [0.15, 0.2) is 41.3 Å². The van der Waals surface area contributed by atoms with Gasteiger partial charge in [-0.3, -0.25) is 19.7 Å². The summed E-state index contributed by atoms with van der Waals surface area (Å²) in [5.74, 6) is -0.892. The Bertz CT molecular complexity index is 540.